The summed E-state index contributed by atoms with van der Waals surface area (Å²) in [7, 11) is 0. The molecule has 0 heterocycles. The molecule has 0 amide bonds. The number of halogens is 1. The molecule has 2 nitrogen and oxygen atoms in total. The van der Waals surface area contributed by atoms with E-state index in [1.165, 1.54) is 0 Å². The van der Waals surface area contributed by atoms with E-state index in [2.05, 4.69) is 15.9 Å². The highest BCUT2D eigenvalue weighted by atomic mass is 79.9. The third-order valence-corrected chi connectivity index (χ3v) is 2.25. The normalized spacial score (nSPS) is 15.7. The van der Waals surface area contributed by atoms with Gasteiger partial charge in [0.25, 0.3) is 0 Å². The Morgan fingerprint density at radius 2 is 2.17 bits per heavy atom. The Hall–Kier alpha value is -0.380. The molecule has 1 atom stereocenters. The minimum Gasteiger partial charge on any atom is -0.393 e. The first-order valence-corrected chi connectivity index (χ1v) is 4.45. The highest BCUT2D eigenvalue weighted by molar-refractivity contribution is 9.10. The average molecular weight is 231 g/mol. The number of aliphatic hydroxyl groups excluding tert-OH is 1. The maximum Gasteiger partial charge on any atom is 0.110 e. The molecule has 12 heavy (non-hydrogen) atoms. The number of rotatable bonds is 2. The summed E-state index contributed by atoms with van der Waals surface area (Å²) in [4.78, 5) is 0. The van der Waals surface area contributed by atoms with Crippen LogP contribution in [0.2, 0.25) is 0 Å². The van der Waals surface area contributed by atoms with Gasteiger partial charge in [-0.3, -0.25) is 0 Å². The Morgan fingerprint density at radius 3 is 2.67 bits per heavy atom. The van der Waals surface area contributed by atoms with Gasteiger partial charge in [-0.15, -0.1) is 0 Å². The Morgan fingerprint density at radius 1 is 1.50 bits per heavy atom. The van der Waals surface area contributed by atoms with Crippen LogP contribution in [0.15, 0.2) is 28.7 Å². The predicted octanol–water partition coefficient (Wildman–Crippen LogP) is 1.65. The maximum atomic E-state index is 9.65. The molecule has 1 rings (SSSR count). The van der Waals surface area contributed by atoms with Crippen LogP contribution in [-0.2, 0) is 5.60 Å². The summed E-state index contributed by atoms with van der Waals surface area (Å²) in [6, 6.07) is 7.26. The quantitative estimate of drug-likeness (QED) is 0.812. The highest BCUT2D eigenvalue weighted by Crippen LogP contribution is 2.22. The first kappa shape index (κ1) is 9.71. The van der Waals surface area contributed by atoms with E-state index in [1.54, 1.807) is 19.1 Å². The zero-order valence-corrected chi connectivity index (χ0v) is 8.37. The molecule has 0 aromatic heterocycles. The molecule has 1 unspecified atom stereocenters. The van der Waals surface area contributed by atoms with Gasteiger partial charge in [0, 0.05) is 4.47 Å². The average Bonchev–Trinajstić information content (AvgIpc) is 2.05. The van der Waals surface area contributed by atoms with Gasteiger partial charge in [-0.05, 0) is 24.6 Å². The molecule has 1 aromatic carbocycles. The van der Waals surface area contributed by atoms with E-state index >= 15 is 0 Å². The lowest BCUT2D eigenvalue weighted by Gasteiger charge is -2.20. The fourth-order valence-corrected chi connectivity index (χ4v) is 1.31. The summed E-state index contributed by atoms with van der Waals surface area (Å²) in [5, 5.41) is 18.5. The summed E-state index contributed by atoms with van der Waals surface area (Å²) >= 11 is 3.29. The minimum atomic E-state index is -1.15. The van der Waals surface area contributed by atoms with E-state index in [1.807, 2.05) is 12.1 Å². The van der Waals surface area contributed by atoms with Crippen molar-refractivity contribution in [2.75, 3.05) is 6.61 Å². The third kappa shape index (κ3) is 2.06. The number of hydrogen-bond donors (Lipinski definition) is 2. The smallest absolute Gasteiger partial charge is 0.110 e. The second kappa shape index (κ2) is 3.56. The van der Waals surface area contributed by atoms with Crippen molar-refractivity contribution in [1.29, 1.82) is 0 Å². The summed E-state index contributed by atoms with van der Waals surface area (Å²) in [5.74, 6) is 0. The molecule has 66 valence electrons. The first-order chi connectivity index (χ1) is 5.56. The van der Waals surface area contributed by atoms with Crippen molar-refractivity contribution in [1.82, 2.24) is 0 Å². The van der Waals surface area contributed by atoms with Gasteiger partial charge in [-0.1, -0.05) is 28.1 Å². The van der Waals surface area contributed by atoms with E-state index in [-0.39, 0.29) is 6.61 Å². The molecule has 0 aliphatic carbocycles. The van der Waals surface area contributed by atoms with Gasteiger partial charge < -0.3 is 10.2 Å². The largest absolute Gasteiger partial charge is 0.393 e. The molecule has 3 heteroatoms. The molecule has 0 radical (unpaired) electrons. The zero-order chi connectivity index (χ0) is 9.19. The molecule has 0 bridgehead atoms. The van der Waals surface area contributed by atoms with Crippen molar-refractivity contribution in [3.05, 3.63) is 34.3 Å². The predicted molar refractivity (Wildman–Crippen MR) is 50.8 cm³/mol. The van der Waals surface area contributed by atoms with Crippen LogP contribution in [-0.4, -0.2) is 16.8 Å². The van der Waals surface area contributed by atoms with E-state index < -0.39 is 5.60 Å². The van der Waals surface area contributed by atoms with Gasteiger partial charge in [0.05, 0.1) is 6.61 Å². The fourth-order valence-electron chi connectivity index (χ4n) is 0.915. The van der Waals surface area contributed by atoms with Gasteiger partial charge in [0.1, 0.15) is 5.60 Å². The summed E-state index contributed by atoms with van der Waals surface area (Å²) in [6.07, 6.45) is 0. The van der Waals surface area contributed by atoms with Crippen LogP contribution < -0.4 is 0 Å². The molecule has 0 aliphatic rings. The van der Waals surface area contributed by atoms with Crippen molar-refractivity contribution in [3.63, 3.8) is 0 Å². The van der Waals surface area contributed by atoms with Crippen LogP contribution in [0.4, 0.5) is 0 Å². The highest BCUT2D eigenvalue weighted by Gasteiger charge is 2.21. The standard InChI is InChI=1S/C9H11BrO2/c1-9(12,6-11)7-3-2-4-8(10)5-7/h2-5,11-12H,6H2,1H3. The van der Waals surface area contributed by atoms with Gasteiger partial charge in [-0.25, -0.2) is 0 Å². The van der Waals surface area contributed by atoms with Crippen molar-refractivity contribution >= 4 is 15.9 Å². The van der Waals surface area contributed by atoms with E-state index in [0.29, 0.717) is 5.56 Å². The molecule has 1 aromatic rings. The van der Waals surface area contributed by atoms with Crippen molar-refractivity contribution in [2.45, 2.75) is 12.5 Å². The minimum absolute atomic E-state index is 0.274. The van der Waals surface area contributed by atoms with E-state index in [9.17, 15) is 5.11 Å². The second-order valence-electron chi connectivity index (χ2n) is 2.94. The number of hydrogen-bond acceptors (Lipinski definition) is 2. The zero-order valence-electron chi connectivity index (χ0n) is 6.79. The van der Waals surface area contributed by atoms with Crippen LogP contribution >= 0.6 is 15.9 Å². The first-order valence-electron chi connectivity index (χ1n) is 3.65. The SMILES string of the molecule is CC(O)(CO)c1cccc(Br)c1. The lowest BCUT2D eigenvalue weighted by atomic mass is 9.97. The molecule has 0 aliphatic heterocycles. The Bertz CT molecular complexity index is 271. The van der Waals surface area contributed by atoms with Crippen molar-refractivity contribution in [3.8, 4) is 0 Å². The molecular formula is C9H11BrO2. The molecule has 0 saturated heterocycles. The summed E-state index contributed by atoms with van der Waals surface area (Å²) in [5.41, 5.74) is -0.441. The molecule has 2 N–H and O–H groups in total. The van der Waals surface area contributed by atoms with E-state index in [0.717, 1.165) is 4.47 Å². The Kier molecular flexibility index (Phi) is 2.88. The van der Waals surface area contributed by atoms with Gasteiger partial charge in [-0.2, -0.15) is 0 Å². The van der Waals surface area contributed by atoms with Crippen molar-refractivity contribution in [2.24, 2.45) is 0 Å². The molecule has 0 saturated carbocycles. The van der Waals surface area contributed by atoms with Crippen LogP contribution in [0.25, 0.3) is 0 Å². The van der Waals surface area contributed by atoms with Crippen LogP contribution in [0.3, 0.4) is 0 Å². The number of benzene rings is 1. The van der Waals surface area contributed by atoms with Crippen LogP contribution in [0.5, 0.6) is 0 Å². The van der Waals surface area contributed by atoms with Crippen LogP contribution in [0.1, 0.15) is 12.5 Å². The molecular weight excluding hydrogens is 220 g/mol. The molecule has 0 fully saturated rings. The second-order valence-corrected chi connectivity index (χ2v) is 3.86. The fraction of sp³-hybridized carbons (Fsp3) is 0.333. The van der Waals surface area contributed by atoms with Gasteiger partial charge in [0.15, 0.2) is 0 Å². The summed E-state index contributed by atoms with van der Waals surface area (Å²) < 4.78 is 0.897. The van der Waals surface area contributed by atoms with Crippen LogP contribution in [0, 0.1) is 0 Å². The Labute approximate surface area is 80.0 Å². The lowest BCUT2D eigenvalue weighted by Crippen LogP contribution is -2.25. The Balaban J connectivity index is 3.03. The number of aliphatic hydroxyl groups is 2. The van der Waals surface area contributed by atoms with Crippen molar-refractivity contribution < 1.29 is 10.2 Å². The van der Waals surface area contributed by atoms with Gasteiger partial charge >= 0.3 is 0 Å². The molecule has 0 spiro atoms. The third-order valence-electron chi connectivity index (χ3n) is 1.75. The van der Waals surface area contributed by atoms with E-state index in [4.69, 9.17) is 5.11 Å². The van der Waals surface area contributed by atoms with Gasteiger partial charge in [0.2, 0.25) is 0 Å². The lowest BCUT2D eigenvalue weighted by molar-refractivity contribution is -0.00232. The maximum absolute atomic E-state index is 9.65. The topological polar surface area (TPSA) is 40.5 Å². The summed E-state index contributed by atoms with van der Waals surface area (Å²) in [6.45, 7) is 1.30. The monoisotopic (exact) mass is 230 g/mol.